The molecule has 8 heteroatoms. The number of rotatable bonds is 7. The van der Waals surface area contributed by atoms with E-state index in [0.29, 0.717) is 34.2 Å². The van der Waals surface area contributed by atoms with Crippen LogP contribution in [0.15, 0.2) is 66.4 Å². The summed E-state index contributed by atoms with van der Waals surface area (Å²) in [4.78, 5) is 28.3. The first kappa shape index (κ1) is 22.8. The van der Waals surface area contributed by atoms with Crippen molar-refractivity contribution in [3.05, 3.63) is 83.3 Å². The number of amides is 2. The number of carbonyl (C=O) groups is 2. The third-order valence-corrected chi connectivity index (χ3v) is 5.44. The van der Waals surface area contributed by atoms with Gasteiger partial charge >= 0.3 is 0 Å². The number of anilines is 2. The number of imide groups is 1. The SMILES string of the molecule is COc1ccc(NC2=C(c3ccc(F)cc3)C(=O)N(c3cc(C)ccc3OC)C2=O)cc1OC. The summed E-state index contributed by atoms with van der Waals surface area (Å²) in [6.07, 6.45) is 0. The maximum atomic E-state index is 13.6. The Kier molecular flexibility index (Phi) is 6.23. The quantitative estimate of drug-likeness (QED) is 0.519. The van der Waals surface area contributed by atoms with Gasteiger partial charge in [-0.3, -0.25) is 9.59 Å². The zero-order chi connectivity index (χ0) is 24.4. The topological polar surface area (TPSA) is 77.1 Å². The monoisotopic (exact) mass is 462 g/mol. The van der Waals surface area contributed by atoms with Crippen molar-refractivity contribution in [2.24, 2.45) is 0 Å². The van der Waals surface area contributed by atoms with Crippen molar-refractivity contribution in [1.29, 1.82) is 0 Å². The Labute approximate surface area is 196 Å². The lowest BCUT2D eigenvalue weighted by molar-refractivity contribution is -0.120. The second-order valence-corrected chi connectivity index (χ2v) is 7.57. The van der Waals surface area contributed by atoms with Gasteiger partial charge in [0.2, 0.25) is 0 Å². The van der Waals surface area contributed by atoms with E-state index in [-0.39, 0.29) is 11.3 Å². The largest absolute Gasteiger partial charge is 0.495 e. The van der Waals surface area contributed by atoms with Crippen LogP contribution >= 0.6 is 0 Å². The average Bonchev–Trinajstić information content (AvgIpc) is 3.08. The van der Waals surface area contributed by atoms with Gasteiger partial charge in [0.1, 0.15) is 17.3 Å². The van der Waals surface area contributed by atoms with Crippen molar-refractivity contribution in [2.75, 3.05) is 31.5 Å². The van der Waals surface area contributed by atoms with Gasteiger partial charge in [-0.2, -0.15) is 0 Å². The van der Waals surface area contributed by atoms with Crippen LogP contribution in [-0.2, 0) is 9.59 Å². The molecule has 0 bridgehead atoms. The number of carbonyl (C=O) groups excluding carboxylic acids is 2. The maximum absolute atomic E-state index is 13.6. The lowest BCUT2D eigenvalue weighted by Gasteiger charge is -2.19. The first-order chi connectivity index (χ1) is 16.4. The summed E-state index contributed by atoms with van der Waals surface area (Å²) in [6.45, 7) is 1.85. The summed E-state index contributed by atoms with van der Waals surface area (Å²) in [7, 11) is 4.49. The van der Waals surface area contributed by atoms with Gasteiger partial charge in [0, 0.05) is 11.8 Å². The Hall–Kier alpha value is -4.33. The molecule has 0 radical (unpaired) electrons. The van der Waals surface area contributed by atoms with E-state index in [0.717, 1.165) is 10.5 Å². The third kappa shape index (κ3) is 4.05. The fourth-order valence-electron chi connectivity index (χ4n) is 3.78. The normalized spacial score (nSPS) is 13.4. The zero-order valence-electron chi connectivity index (χ0n) is 19.1. The molecule has 174 valence electrons. The van der Waals surface area contributed by atoms with E-state index in [1.165, 1.54) is 45.6 Å². The number of benzene rings is 3. The first-order valence-electron chi connectivity index (χ1n) is 10.4. The molecule has 0 saturated carbocycles. The van der Waals surface area contributed by atoms with Crippen LogP contribution in [0.3, 0.4) is 0 Å². The summed E-state index contributed by atoms with van der Waals surface area (Å²) in [5.41, 5.74) is 2.24. The van der Waals surface area contributed by atoms with Crippen molar-refractivity contribution in [1.82, 2.24) is 0 Å². The molecule has 0 spiro atoms. The second kappa shape index (κ2) is 9.27. The summed E-state index contributed by atoms with van der Waals surface area (Å²) < 4.78 is 29.6. The Morgan fingerprint density at radius 1 is 0.765 bits per heavy atom. The average molecular weight is 462 g/mol. The highest BCUT2D eigenvalue weighted by molar-refractivity contribution is 6.46. The van der Waals surface area contributed by atoms with E-state index in [9.17, 15) is 14.0 Å². The van der Waals surface area contributed by atoms with Crippen LogP contribution in [0.4, 0.5) is 15.8 Å². The van der Waals surface area contributed by atoms with E-state index in [4.69, 9.17) is 14.2 Å². The maximum Gasteiger partial charge on any atom is 0.282 e. The molecule has 0 unspecified atom stereocenters. The van der Waals surface area contributed by atoms with Crippen LogP contribution in [0.5, 0.6) is 17.2 Å². The molecule has 0 aromatic heterocycles. The summed E-state index contributed by atoms with van der Waals surface area (Å²) in [6, 6.07) is 15.7. The van der Waals surface area contributed by atoms with Crippen molar-refractivity contribution < 1.29 is 28.2 Å². The molecule has 1 heterocycles. The fraction of sp³-hybridized carbons (Fsp3) is 0.154. The Morgan fingerprint density at radius 2 is 1.41 bits per heavy atom. The predicted octanol–water partition coefficient (Wildman–Crippen LogP) is 4.56. The van der Waals surface area contributed by atoms with Crippen LogP contribution in [0.25, 0.3) is 5.57 Å². The molecule has 34 heavy (non-hydrogen) atoms. The van der Waals surface area contributed by atoms with Gasteiger partial charge in [0.15, 0.2) is 11.5 Å². The number of halogens is 1. The summed E-state index contributed by atoms with van der Waals surface area (Å²) in [5, 5.41) is 3.06. The van der Waals surface area contributed by atoms with Gasteiger partial charge < -0.3 is 19.5 Å². The molecule has 3 aromatic rings. The van der Waals surface area contributed by atoms with Crippen molar-refractivity contribution in [2.45, 2.75) is 6.92 Å². The van der Waals surface area contributed by atoms with Crippen LogP contribution in [-0.4, -0.2) is 33.1 Å². The van der Waals surface area contributed by atoms with E-state index >= 15 is 0 Å². The van der Waals surface area contributed by atoms with E-state index in [1.54, 1.807) is 30.3 Å². The molecular formula is C26H23FN2O5. The molecule has 0 fully saturated rings. The predicted molar refractivity (Wildman–Crippen MR) is 127 cm³/mol. The zero-order valence-corrected chi connectivity index (χ0v) is 19.1. The summed E-state index contributed by atoms with van der Waals surface area (Å²) in [5.74, 6) is -0.233. The van der Waals surface area contributed by atoms with E-state index in [1.807, 2.05) is 13.0 Å². The Balaban J connectivity index is 1.84. The molecule has 1 aliphatic heterocycles. The van der Waals surface area contributed by atoms with Crippen LogP contribution in [0, 0.1) is 12.7 Å². The molecule has 3 aromatic carbocycles. The van der Waals surface area contributed by atoms with Gasteiger partial charge in [-0.05, 0) is 54.4 Å². The minimum atomic E-state index is -0.567. The molecule has 4 rings (SSSR count). The number of hydrogen-bond donors (Lipinski definition) is 1. The van der Waals surface area contributed by atoms with Crippen molar-refractivity contribution in [3.63, 3.8) is 0 Å². The highest BCUT2D eigenvalue weighted by Gasteiger charge is 2.41. The third-order valence-electron chi connectivity index (χ3n) is 5.44. The van der Waals surface area contributed by atoms with Crippen molar-refractivity contribution >= 4 is 28.8 Å². The lowest BCUT2D eigenvalue weighted by atomic mass is 10.0. The van der Waals surface area contributed by atoms with Gasteiger partial charge in [0.05, 0.1) is 32.6 Å². The number of aryl methyl sites for hydroxylation is 1. The van der Waals surface area contributed by atoms with Gasteiger partial charge in [0.25, 0.3) is 11.8 Å². The fourth-order valence-corrected chi connectivity index (χ4v) is 3.78. The van der Waals surface area contributed by atoms with Gasteiger partial charge in [-0.1, -0.05) is 18.2 Å². The summed E-state index contributed by atoms with van der Waals surface area (Å²) >= 11 is 0. The van der Waals surface area contributed by atoms with Gasteiger partial charge in [-0.25, -0.2) is 9.29 Å². The molecule has 1 N–H and O–H groups in total. The smallest absolute Gasteiger partial charge is 0.282 e. The van der Waals surface area contributed by atoms with Crippen LogP contribution < -0.4 is 24.4 Å². The molecule has 2 amide bonds. The minimum absolute atomic E-state index is 0.0485. The molecular weight excluding hydrogens is 439 g/mol. The number of nitrogens with zero attached hydrogens (tertiary/aromatic N) is 1. The Morgan fingerprint density at radius 3 is 2.06 bits per heavy atom. The highest BCUT2D eigenvalue weighted by atomic mass is 19.1. The number of ether oxygens (including phenoxy) is 3. The molecule has 1 aliphatic rings. The molecule has 0 saturated heterocycles. The second-order valence-electron chi connectivity index (χ2n) is 7.57. The molecule has 0 aliphatic carbocycles. The first-order valence-corrected chi connectivity index (χ1v) is 10.4. The lowest BCUT2D eigenvalue weighted by Crippen LogP contribution is -2.32. The van der Waals surface area contributed by atoms with Crippen LogP contribution in [0.2, 0.25) is 0 Å². The Bertz CT molecular complexity index is 1300. The van der Waals surface area contributed by atoms with Gasteiger partial charge in [-0.15, -0.1) is 0 Å². The van der Waals surface area contributed by atoms with E-state index in [2.05, 4.69) is 5.32 Å². The minimum Gasteiger partial charge on any atom is -0.495 e. The standard InChI is InChI=1S/C26H23FN2O5/c1-15-5-11-20(32-2)19(13-15)29-25(30)23(16-6-8-17(27)9-7-16)24(26(29)31)28-18-10-12-21(33-3)22(14-18)34-4/h5-14,28H,1-4H3. The number of methoxy groups -OCH3 is 3. The van der Waals surface area contributed by atoms with Crippen LogP contribution in [0.1, 0.15) is 11.1 Å². The molecule has 0 atom stereocenters. The highest BCUT2D eigenvalue weighted by Crippen LogP contribution is 2.39. The number of nitrogens with one attached hydrogen (secondary N) is 1. The van der Waals surface area contributed by atoms with E-state index < -0.39 is 17.6 Å². The molecule has 7 nitrogen and oxygen atoms in total. The number of hydrogen-bond acceptors (Lipinski definition) is 6. The van der Waals surface area contributed by atoms with Crippen molar-refractivity contribution in [3.8, 4) is 17.2 Å².